The highest BCUT2D eigenvalue weighted by Crippen LogP contribution is 2.09. The Labute approximate surface area is 158 Å². The minimum atomic E-state index is -3.57. The predicted octanol–water partition coefficient (Wildman–Crippen LogP) is 0.636. The van der Waals surface area contributed by atoms with Gasteiger partial charge >= 0.3 is 5.97 Å². The molecule has 1 aromatic rings. The lowest BCUT2D eigenvalue weighted by molar-refractivity contribution is -0.148. The molecule has 150 valence electrons. The van der Waals surface area contributed by atoms with E-state index in [1.54, 1.807) is 0 Å². The summed E-state index contributed by atoms with van der Waals surface area (Å²) < 4.78 is 30.5. The molecule has 0 unspecified atom stereocenters. The third-order valence-corrected chi connectivity index (χ3v) is 5.02. The van der Waals surface area contributed by atoms with E-state index in [1.807, 2.05) is 6.92 Å². The van der Waals surface area contributed by atoms with Crippen molar-refractivity contribution in [2.75, 3.05) is 24.7 Å². The Balaban J connectivity index is 2.47. The van der Waals surface area contributed by atoms with Gasteiger partial charge in [-0.15, -0.1) is 0 Å². The van der Waals surface area contributed by atoms with Gasteiger partial charge in [0.2, 0.25) is 10.0 Å². The zero-order valence-corrected chi connectivity index (χ0v) is 16.4. The molecule has 0 aliphatic heterocycles. The number of hydrogen-bond donors (Lipinski definition) is 3. The zero-order valence-electron chi connectivity index (χ0n) is 15.6. The van der Waals surface area contributed by atoms with Crippen LogP contribution >= 0.6 is 0 Å². The first-order chi connectivity index (χ1) is 12.7. The van der Waals surface area contributed by atoms with Crippen molar-refractivity contribution in [3.63, 3.8) is 0 Å². The summed E-state index contributed by atoms with van der Waals surface area (Å²) in [4.78, 5) is 35.1. The maximum absolute atomic E-state index is 11.8. The number of anilines is 1. The molecule has 0 heterocycles. The number of carbonyl (C=O) groups excluding carboxylic acids is 3. The van der Waals surface area contributed by atoms with Crippen LogP contribution in [0.5, 0.6) is 0 Å². The molecular weight excluding hydrogens is 374 g/mol. The molecule has 0 spiro atoms. The predicted molar refractivity (Wildman–Crippen MR) is 101 cm³/mol. The molecule has 0 fully saturated rings. The number of amides is 2. The van der Waals surface area contributed by atoms with Gasteiger partial charge in [0.1, 0.15) is 6.04 Å². The van der Waals surface area contributed by atoms with E-state index in [9.17, 15) is 22.8 Å². The average Bonchev–Trinajstić information content (AvgIpc) is 2.64. The first kappa shape index (κ1) is 22.6. The topological polar surface area (TPSA) is 131 Å². The Kier molecular flexibility index (Phi) is 8.89. The number of hydrogen-bond acceptors (Lipinski definition) is 6. The van der Waals surface area contributed by atoms with Crippen molar-refractivity contribution in [1.82, 2.24) is 10.0 Å². The fourth-order valence-electron chi connectivity index (χ4n) is 2.02. The molecule has 3 N–H and O–H groups in total. The Bertz CT molecular complexity index is 761. The Morgan fingerprint density at radius 2 is 1.78 bits per heavy atom. The highest BCUT2D eigenvalue weighted by molar-refractivity contribution is 7.89. The largest absolute Gasteiger partial charge is 0.454 e. The molecule has 2 amide bonds. The Morgan fingerprint density at radius 1 is 1.15 bits per heavy atom. The second-order valence-electron chi connectivity index (χ2n) is 5.82. The van der Waals surface area contributed by atoms with Crippen LogP contribution in [-0.2, 0) is 24.3 Å². The van der Waals surface area contributed by atoms with Crippen molar-refractivity contribution < 1.29 is 27.5 Å². The molecule has 0 aliphatic carbocycles. The van der Waals surface area contributed by atoms with Gasteiger partial charge in [-0.3, -0.25) is 14.4 Å². The van der Waals surface area contributed by atoms with Gasteiger partial charge in [-0.2, -0.15) is 0 Å². The van der Waals surface area contributed by atoms with Crippen LogP contribution in [0.2, 0.25) is 0 Å². The number of esters is 1. The Morgan fingerprint density at radius 3 is 2.33 bits per heavy atom. The van der Waals surface area contributed by atoms with Crippen molar-refractivity contribution >= 4 is 33.5 Å². The molecule has 0 radical (unpaired) electrons. The third kappa shape index (κ3) is 8.18. The van der Waals surface area contributed by atoms with Gasteiger partial charge in [-0.1, -0.05) is 13.3 Å². The lowest BCUT2D eigenvalue weighted by Crippen LogP contribution is -2.41. The highest BCUT2D eigenvalue weighted by atomic mass is 32.2. The van der Waals surface area contributed by atoms with Crippen LogP contribution in [0.25, 0.3) is 0 Å². The van der Waals surface area contributed by atoms with Crippen LogP contribution in [0.4, 0.5) is 5.69 Å². The average molecular weight is 399 g/mol. The first-order valence-electron chi connectivity index (χ1n) is 8.47. The number of unbranched alkanes of at least 4 members (excludes halogenated alkanes) is 1. The van der Waals surface area contributed by atoms with Crippen LogP contribution in [-0.4, -0.2) is 51.7 Å². The summed E-state index contributed by atoms with van der Waals surface area (Å²) in [5, 5.41) is 4.99. The number of sulfonamides is 1. The van der Waals surface area contributed by atoms with E-state index < -0.39 is 34.5 Å². The third-order valence-electron chi connectivity index (χ3n) is 3.48. The first-order valence-corrected chi connectivity index (χ1v) is 10.1. The molecule has 1 rings (SSSR count). The summed E-state index contributed by atoms with van der Waals surface area (Å²) in [5.41, 5.74) is 0.864. The maximum atomic E-state index is 11.8. The molecule has 0 saturated carbocycles. The summed E-state index contributed by atoms with van der Waals surface area (Å²) >= 11 is 0. The summed E-state index contributed by atoms with van der Waals surface area (Å²) in [6.07, 6.45) is 1.20. The van der Waals surface area contributed by atoms with Gasteiger partial charge in [-0.25, -0.2) is 13.1 Å². The van der Waals surface area contributed by atoms with Crippen LogP contribution in [0.3, 0.4) is 0 Å². The number of benzene rings is 1. The zero-order chi connectivity index (χ0) is 20.4. The molecular formula is C17H25N3O6S. The second-order valence-corrected chi connectivity index (χ2v) is 7.70. The SMILES string of the molecule is CCCCS(=O)(=O)N[C@@H](C)C(=O)OCC(=O)Nc1ccc(C(=O)NC)cc1. The van der Waals surface area contributed by atoms with E-state index in [2.05, 4.69) is 15.4 Å². The van der Waals surface area contributed by atoms with E-state index in [0.717, 1.165) is 0 Å². The van der Waals surface area contributed by atoms with E-state index in [-0.39, 0.29) is 11.7 Å². The summed E-state index contributed by atoms with van der Waals surface area (Å²) in [5.74, 6) is -1.76. The van der Waals surface area contributed by atoms with Gasteiger partial charge in [0.05, 0.1) is 5.75 Å². The summed E-state index contributed by atoms with van der Waals surface area (Å²) in [6, 6.07) is 5.05. The van der Waals surface area contributed by atoms with E-state index in [4.69, 9.17) is 4.74 Å². The van der Waals surface area contributed by atoms with E-state index >= 15 is 0 Å². The van der Waals surface area contributed by atoms with Crippen LogP contribution in [0.1, 0.15) is 37.0 Å². The fraction of sp³-hybridized carbons (Fsp3) is 0.471. The van der Waals surface area contributed by atoms with Gasteiger partial charge in [0, 0.05) is 18.3 Å². The minimum absolute atomic E-state index is 0.0757. The van der Waals surface area contributed by atoms with Crippen molar-refractivity contribution in [2.24, 2.45) is 0 Å². The lowest BCUT2D eigenvalue weighted by atomic mass is 10.2. The van der Waals surface area contributed by atoms with Gasteiger partial charge < -0.3 is 15.4 Å². The minimum Gasteiger partial charge on any atom is -0.454 e. The molecule has 0 bridgehead atoms. The normalized spacial score (nSPS) is 12.1. The smallest absolute Gasteiger partial charge is 0.324 e. The van der Waals surface area contributed by atoms with Crippen molar-refractivity contribution in [3.8, 4) is 0 Å². The number of carbonyl (C=O) groups is 3. The summed E-state index contributed by atoms with van der Waals surface area (Å²) in [7, 11) is -2.06. The van der Waals surface area contributed by atoms with Crippen molar-refractivity contribution in [1.29, 1.82) is 0 Å². The monoisotopic (exact) mass is 399 g/mol. The second kappa shape index (κ2) is 10.6. The molecule has 1 aromatic carbocycles. The Hall–Kier alpha value is -2.46. The molecule has 1 atom stereocenters. The van der Waals surface area contributed by atoms with Crippen LogP contribution in [0, 0.1) is 0 Å². The van der Waals surface area contributed by atoms with E-state index in [1.165, 1.54) is 38.2 Å². The maximum Gasteiger partial charge on any atom is 0.324 e. The molecule has 10 heteroatoms. The number of rotatable bonds is 10. The molecule has 9 nitrogen and oxygen atoms in total. The molecule has 0 aliphatic rings. The number of ether oxygens (including phenoxy) is 1. The van der Waals surface area contributed by atoms with Gasteiger partial charge in [0.15, 0.2) is 6.61 Å². The quantitative estimate of drug-likeness (QED) is 0.495. The van der Waals surface area contributed by atoms with Gasteiger partial charge in [0.25, 0.3) is 11.8 Å². The van der Waals surface area contributed by atoms with Crippen molar-refractivity contribution in [2.45, 2.75) is 32.7 Å². The molecule has 0 saturated heterocycles. The molecule has 0 aromatic heterocycles. The van der Waals surface area contributed by atoms with Crippen molar-refractivity contribution in [3.05, 3.63) is 29.8 Å². The standard InChI is InChI=1S/C17H25N3O6S/c1-4-5-10-27(24,25)20-12(2)17(23)26-11-15(21)19-14-8-6-13(7-9-14)16(22)18-3/h6-9,12,20H,4-5,10-11H2,1-3H3,(H,18,22)(H,19,21)/t12-/m0/s1. The van der Waals surface area contributed by atoms with E-state index in [0.29, 0.717) is 24.1 Å². The van der Waals surface area contributed by atoms with Crippen LogP contribution in [0.15, 0.2) is 24.3 Å². The number of nitrogens with one attached hydrogen (secondary N) is 3. The lowest BCUT2D eigenvalue weighted by Gasteiger charge is -2.13. The molecule has 27 heavy (non-hydrogen) atoms. The highest BCUT2D eigenvalue weighted by Gasteiger charge is 2.21. The van der Waals surface area contributed by atoms with Gasteiger partial charge in [-0.05, 0) is 37.6 Å². The van der Waals surface area contributed by atoms with Crippen LogP contribution < -0.4 is 15.4 Å². The summed E-state index contributed by atoms with van der Waals surface area (Å²) in [6.45, 7) is 2.65. The fourth-order valence-corrected chi connectivity index (χ4v) is 3.44.